The van der Waals surface area contributed by atoms with Crippen LogP contribution in [0.5, 0.6) is 0 Å². The predicted molar refractivity (Wildman–Crippen MR) is 89.8 cm³/mol. The van der Waals surface area contributed by atoms with Crippen LogP contribution < -0.4 is 5.73 Å². The first-order valence-electron chi connectivity index (χ1n) is 7.91. The van der Waals surface area contributed by atoms with Crippen molar-refractivity contribution >= 4 is 25.7 Å². The largest absolute Gasteiger partial charge is 0.332 e. The molecule has 4 unspecified atom stereocenters. The summed E-state index contributed by atoms with van der Waals surface area (Å²) < 4.78 is 24.5. The minimum Gasteiger partial charge on any atom is -0.332 e. The van der Waals surface area contributed by atoms with Crippen molar-refractivity contribution in [3.63, 3.8) is 0 Å². The van der Waals surface area contributed by atoms with E-state index in [4.69, 9.17) is 5.73 Å². The lowest BCUT2D eigenvalue weighted by atomic mass is 9.33. The normalized spacial score (nSPS) is 39.9. The third-order valence-corrected chi connectivity index (χ3v) is 9.06. The van der Waals surface area contributed by atoms with Gasteiger partial charge in [-0.1, -0.05) is 26.2 Å². The second-order valence-corrected chi connectivity index (χ2v) is 10.7. The number of nitrogens with two attached hydrogens (primary N) is 1. The van der Waals surface area contributed by atoms with Crippen LogP contribution >= 0.6 is 8.58 Å². The average Bonchev–Trinajstić information content (AvgIpc) is 2.43. The molecule has 2 heterocycles. The molecule has 1 saturated carbocycles. The van der Waals surface area contributed by atoms with Gasteiger partial charge in [-0.3, -0.25) is 0 Å². The van der Waals surface area contributed by atoms with Crippen LogP contribution in [0.25, 0.3) is 0 Å². The van der Waals surface area contributed by atoms with Gasteiger partial charge in [-0.25, -0.2) is 8.42 Å². The summed E-state index contributed by atoms with van der Waals surface area (Å²) in [6, 6.07) is 0. The van der Waals surface area contributed by atoms with Gasteiger partial charge in [0.05, 0.1) is 5.25 Å². The highest BCUT2D eigenvalue weighted by Gasteiger charge is 2.51. The standard InChI is InChI=1S/C14H28BNO2PS/c1-3-20(17,18)12-7-5-4-6-9-13(16)11-14(15-13,19-2)10-8-12/h12,19H,3-11,16H2,1-2H3. The Hall–Kier alpha value is 0.405. The molecular weight excluding hydrogens is 288 g/mol. The first-order chi connectivity index (χ1) is 9.35. The molecule has 3 aliphatic rings. The van der Waals surface area contributed by atoms with Gasteiger partial charge >= 0.3 is 0 Å². The smallest absolute Gasteiger partial charge is 0.152 e. The number of fused-ring (bicyclic) bond motifs is 7. The maximum atomic E-state index is 12.2. The quantitative estimate of drug-likeness (QED) is 0.642. The molecule has 2 aliphatic heterocycles. The van der Waals surface area contributed by atoms with Gasteiger partial charge in [0.2, 0.25) is 0 Å². The molecule has 6 heteroatoms. The van der Waals surface area contributed by atoms with Crippen molar-refractivity contribution in [2.45, 2.75) is 74.0 Å². The third kappa shape index (κ3) is 3.59. The first kappa shape index (κ1) is 16.8. The average molecular weight is 316 g/mol. The molecule has 2 saturated heterocycles. The zero-order valence-electron chi connectivity index (χ0n) is 12.8. The van der Waals surface area contributed by atoms with Gasteiger partial charge in [-0.05, 0) is 49.3 Å². The lowest BCUT2D eigenvalue weighted by molar-refractivity contribution is 0.377. The molecule has 3 rings (SSSR count). The van der Waals surface area contributed by atoms with E-state index in [2.05, 4.69) is 13.9 Å². The van der Waals surface area contributed by atoms with Gasteiger partial charge < -0.3 is 5.73 Å². The molecule has 2 N–H and O–H groups in total. The topological polar surface area (TPSA) is 60.2 Å². The van der Waals surface area contributed by atoms with Crippen molar-refractivity contribution < 1.29 is 8.42 Å². The van der Waals surface area contributed by atoms with Crippen LogP contribution in [0.4, 0.5) is 0 Å². The fourth-order valence-electron chi connectivity index (χ4n) is 3.88. The summed E-state index contributed by atoms with van der Waals surface area (Å²) in [5.74, 6) is 0.281. The van der Waals surface area contributed by atoms with Crippen LogP contribution in [0.15, 0.2) is 0 Å². The van der Waals surface area contributed by atoms with Gasteiger partial charge in [0.1, 0.15) is 7.28 Å². The van der Waals surface area contributed by atoms with Crippen molar-refractivity contribution in [1.82, 2.24) is 0 Å². The number of hydrogen-bond acceptors (Lipinski definition) is 3. The fraction of sp³-hybridized carbons (Fsp3) is 1.00. The Bertz CT molecular complexity index is 434. The second-order valence-electron chi connectivity index (χ2n) is 6.67. The van der Waals surface area contributed by atoms with E-state index < -0.39 is 9.84 Å². The summed E-state index contributed by atoms with van der Waals surface area (Å²) in [5, 5.41) is 0.112. The molecule has 115 valence electrons. The lowest BCUT2D eigenvalue weighted by Gasteiger charge is -2.54. The zero-order chi connectivity index (χ0) is 14.9. The van der Waals surface area contributed by atoms with Crippen molar-refractivity contribution in [2.75, 3.05) is 12.4 Å². The van der Waals surface area contributed by atoms with E-state index in [1.165, 1.54) is 0 Å². The van der Waals surface area contributed by atoms with Crippen LogP contribution in [0.2, 0.25) is 0 Å². The zero-order valence-corrected chi connectivity index (χ0v) is 14.6. The molecule has 3 nitrogen and oxygen atoms in total. The van der Waals surface area contributed by atoms with E-state index in [0.717, 1.165) is 59.9 Å². The van der Waals surface area contributed by atoms with E-state index in [-0.39, 0.29) is 21.5 Å². The summed E-state index contributed by atoms with van der Waals surface area (Å²) in [5.41, 5.74) is 6.36. The van der Waals surface area contributed by atoms with E-state index in [0.29, 0.717) is 0 Å². The number of rotatable bonds is 3. The van der Waals surface area contributed by atoms with Crippen molar-refractivity contribution in [1.29, 1.82) is 0 Å². The lowest BCUT2D eigenvalue weighted by Crippen LogP contribution is -2.68. The minimum atomic E-state index is -2.90. The SMILES string of the molecule is CCS(=O)(=O)C1CCCCCC2(N)[B]C(PC)(CC1)C2. The predicted octanol–water partition coefficient (Wildman–Crippen LogP) is 2.30. The molecule has 1 aliphatic carbocycles. The molecule has 0 spiro atoms. The summed E-state index contributed by atoms with van der Waals surface area (Å²) in [6.45, 7) is 4.01. The van der Waals surface area contributed by atoms with E-state index in [9.17, 15) is 8.42 Å². The summed E-state index contributed by atoms with van der Waals surface area (Å²) >= 11 is 0. The van der Waals surface area contributed by atoms with Gasteiger partial charge in [-0.15, -0.1) is 8.58 Å². The molecule has 3 fully saturated rings. The van der Waals surface area contributed by atoms with E-state index >= 15 is 0 Å². The Kier molecular flexibility index (Phi) is 5.25. The van der Waals surface area contributed by atoms with Crippen molar-refractivity contribution in [2.24, 2.45) is 5.73 Å². The summed E-state index contributed by atoms with van der Waals surface area (Å²) in [6.07, 6.45) is 8.09. The van der Waals surface area contributed by atoms with Crippen molar-refractivity contribution in [3.8, 4) is 0 Å². The monoisotopic (exact) mass is 316 g/mol. The van der Waals surface area contributed by atoms with Gasteiger partial charge in [0.25, 0.3) is 0 Å². The summed E-state index contributed by atoms with van der Waals surface area (Å²) in [4.78, 5) is 0. The third-order valence-electron chi connectivity index (χ3n) is 5.20. The molecule has 0 aromatic rings. The molecule has 0 aromatic carbocycles. The molecule has 20 heavy (non-hydrogen) atoms. The Balaban J connectivity index is 2.10. The van der Waals surface area contributed by atoms with Crippen LogP contribution in [0, 0.1) is 0 Å². The van der Waals surface area contributed by atoms with Gasteiger partial charge in [-0.2, -0.15) is 0 Å². The Labute approximate surface area is 126 Å². The summed E-state index contributed by atoms with van der Waals surface area (Å²) in [7, 11) is 0.296. The Morgan fingerprint density at radius 1 is 1.25 bits per heavy atom. The molecule has 0 amide bonds. The van der Waals surface area contributed by atoms with Crippen LogP contribution in [0.3, 0.4) is 0 Å². The van der Waals surface area contributed by atoms with E-state index in [1.807, 2.05) is 0 Å². The maximum absolute atomic E-state index is 12.2. The molecular formula is C14H28BNO2PS. The van der Waals surface area contributed by atoms with Crippen LogP contribution in [0.1, 0.15) is 58.3 Å². The Morgan fingerprint density at radius 3 is 2.55 bits per heavy atom. The molecule has 0 aromatic heterocycles. The number of sulfone groups is 1. The van der Waals surface area contributed by atoms with Crippen molar-refractivity contribution in [3.05, 3.63) is 0 Å². The highest BCUT2D eigenvalue weighted by Crippen LogP contribution is 2.50. The van der Waals surface area contributed by atoms with E-state index in [1.54, 1.807) is 6.92 Å². The first-order valence-corrected chi connectivity index (χ1v) is 11.1. The van der Waals surface area contributed by atoms with Crippen LogP contribution in [-0.4, -0.2) is 43.9 Å². The number of hydrogen-bond donors (Lipinski definition) is 1. The van der Waals surface area contributed by atoms with Crippen LogP contribution in [-0.2, 0) is 9.84 Å². The maximum Gasteiger partial charge on any atom is 0.152 e. The minimum absolute atomic E-state index is 0.0630. The highest BCUT2D eigenvalue weighted by molar-refractivity contribution is 7.92. The molecule has 4 atom stereocenters. The molecule has 2 bridgehead atoms. The van der Waals surface area contributed by atoms with Gasteiger partial charge in [0, 0.05) is 5.75 Å². The second kappa shape index (κ2) is 6.26. The highest BCUT2D eigenvalue weighted by atomic mass is 32.2. The molecule has 1 radical (unpaired) electrons. The Morgan fingerprint density at radius 2 is 1.95 bits per heavy atom. The van der Waals surface area contributed by atoms with Gasteiger partial charge in [0.15, 0.2) is 9.84 Å². The fourth-order valence-corrected chi connectivity index (χ4v) is 6.68.